The van der Waals surface area contributed by atoms with Crippen molar-refractivity contribution < 1.29 is 17.9 Å². The summed E-state index contributed by atoms with van der Waals surface area (Å²) in [6.45, 7) is 2.27. The molecule has 0 bridgehead atoms. The molecule has 1 heterocycles. The SMILES string of the molecule is Cc1ccc(-c2cc(Cl)cc3c2N[C@H](CN)CO3)c(C(F)(F)F)c1. The van der Waals surface area contributed by atoms with Gasteiger partial charge >= 0.3 is 6.18 Å². The Morgan fingerprint density at radius 3 is 2.67 bits per heavy atom. The molecule has 3 N–H and O–H groups in total. The zero-order valence-corrected chi connectivity index (χ0v) is 13.6. The van der Waals surface area contributed by atoms with Gasteiger partial charge in [0.2, 0.25) is 0 Å². The Morgan fingerprint density at radius 2 is 2.00 bits per heavy atom. The Labute approximate surface area is 142 Å². The maximum Gasteiger partial charge on any atom is 0.417 e. The first-order chi connectivity index (χ1) is 11.3. The predicted molar refractivity (Wildman–Crippen MR) is 88.6 cm³/mol. The van der Waals surface area contributed by atoms with E-state index in [-0.39, 0.29) is 11.6 Å². The van der Waals surface area contributed by atoms with Crippen LogP contribution in [0.25, 0.3) is 11.1 Å². The van der Waals surface area contributed by atoms with Gasteiger partial charge in [0.15, 0.2) is 0 Å². The third-order valence-electron chi connectivity index (χ3n) is 3.91. The van der Waals surface area contributed by atoms with Gasteiger partial charge in [-0.05, 0) is 24.6 Å². The van der Waals surface area contributed by atoms with Crippen LogP contribution >= 0.6 is 11.6 Å². The van der Waals surface area contributed by atoms with E-state index >= 15 is 0 Å². The van der Waals surface area contributed by atoms with Crippen LogP contribution in [0.3, 0.4) is 0 Å². The number of ether oxygens (including phenoxy) is 1. The second-order valence-electron chi connectivity index (χ2n) is 5.76. The van der Waals surface area contributed by atoms with Gasteiger partial charge in [-0.25, -0.2) is 0 Å². The van der Waals surface area contributed by atoms with Gasteiger partial charge in [0.05, 0.1) is 17.3 Å². The van der Waals surface area contributed by atoms with Crippen LogP contribution in [0.1, 0.15) is 11.1 Å². The summed E-state index contributed by atoms with van der Waals surface area (Å²) in [6, 6.07) is 7.15. The molecule has 1 aliphatic heterocycles. The lowest BCUT2D eigenvalue weighted by Gasteiger charge is -2.29. The lowest BCUT2D eigenvalue weighted by Crippen LogP contribution is -2.37. The summed E-state index contributed by atoms with van der Waals surface area (Å²) in [5.41, 5.74) is 6.37. The topological polar surface area (TPSA) is 47.3 Å². The summed E-state index contributed by atoms with van der Waals surface area (Å²) in [5, 5.41) is 3.47. The van der Waals surface area contributed by atoms with Crippen LogP contribution in [0, 0.1) is 6.92 Å². The Morgan fingerprint density at radius 1 is 1.25 bits per heavy atom. The average Bonchev–Trinajstić information content (AvgIpc) is 2.53. The number of anilines is 1. The number of rotatable bonds is 2. The summed E-state index contributed by atoms with van der Waals surface area (Å²) in [4.78, 5) is 0. The number of hydrogen-bond acceptors (Lipinski definition) is 3. The molecule has 0 aromatic heterocycles. The monoisotopic (exact) mass is 356 g/mol. The van der Waals surface area contributed by atoms with Crippen LogP contribution in [0.15, 0.2) is 30.3 Å². The van der Waals surface area contributed by atoms with Crippen molar-refractivity contribution >= 4 is 17.3 Å². The normalized spacial score (nSPS) is 17.0. The van der Waals surface area contributed by atoms with E-state index < -0.39 is 11.7 Å². The van der Waals surface area contributed by atoms with Gasteiger partial charge in [-0.15, -0.1) is 0 Å². The molecular weight excluding hydrogens is 341 g/mol. The molecule has 1 aliphatic rings. The molecule has 0 saturated heterocycles. The van der Waals surface area contributed by atoms with Crippen molar-refractivity contribution in [2.75, 3.05) is 18.5 Å². The number of hydrogen-bond donors (Lipinski definition) is 2. The van der Waals surface area contributed by atoms with Gasteiger partial charge in [-0.1, -0.05) is 29.3 Å². The van der Waals surface area contributed by atoms with Crippen molar-refractivity contribution in [1.29, 1.82) is 0 Å². The summed E-state index contributed by atoms with van der Waals surface area (Å²) in [7, 11) is 0. The predicted octanol–water partition coefficient (Wildman–Crippen LogP) is 4.47. The molecule has 2 aromatic carbocycles. The molecule has 128 valence electrons. The number of alkyl halides is 3. The lowest BCUT2D eigenvalue weighted by molar-refractivity contribution is -0.137. The van der Waals surface area contributed by atoms with Crippen molar-refractivity contribution in [3.05, 3.63) is 46.5 Å². The first kappa shape index (κ1) is 16.9. The summed E-state index contributed by atoms with van der Waals surface area (Å²) >= 11 is 6.09. The fourth-order valence-corrected chi connectivity index (χ4v) is 2.96. The van der Waals surface area contributed by atoms with Gasteiger partial charge in [0.25, 0.3) is 0 Å². The Bertz CT molecular complexity index is 777. The standard InChI is InChI=1S/C17H16ClF3N2O/c1-9-2-3-12(14(4-9)17(19,20)21)13-5-10(18)6-15-16(13)23-11(7-22)8-24-15/h2-6,11,23H,7-8,22H2,1H3/t11-/m1/s1. The highest BCUT2D eigenvalue weighted by Gasteiger charge is 2.35. The largest absolute Gasteiger partial charge is 0.489 e. The number of nitrogens with two attached hydrogens (primary N) is 1. The van der Waals surface area contributed by atoms with E-state index in [1.165, 1.54) is 12.1 Å². The van der Waals surface area contributed by atoms with Crippen LogP contribution in [0.5, 0.6) is 5.75 Å². The molecule has 7 heteroatoms. The van der Waals surface area contributed by atoms with Gasteiger partial charge in [-0.3, -0.25) is 0 Å². The smallest absolute Gasteiger partial charge is 0.417 e. The minimum atomic E-state index is -4.47. The molecule has 0 saturated carbocycles. The third-order valence-corrected chi connectivity index (χ3v) is 4.13. The average molecular weight is 357 g/mol. The molecule has 0 spiro atoms. The minimum Gasteiger partial charge on any atom is -0.489 e. The third kappa shape index (κ3) is 3.16. The summed E-state index contributed by atoms with van der Waals surface area (Å²) in [6.07, 6.45) is -4.47. The van der Waals surface area contributed by atoms with Gasteiger partial charge in [0, 0.05) is 23.2 Å². The number of nitrogens with one attached hydrogen (secondary N) is 1. The Kier molecular flexibility index (Phi) is 4.36. The fourth-order valence-electron chi connectivity index (χ4n) is 2.75. The van der Waals surface area contributed by atoms with Crippen LogP contribution in [-0.4, -0.2) is 19.2 Å². The molecule has 0 aliphatic carbocycles. The number of halogens is 4. The van der Waals surface area contributed by atoms with Crippen LogP contribution in [0.4, 0.5) is 18.9 Å². The van der Waals surface area contributed by atoms with Crippen molar-refractivity contribution in [2.45, 2.75) is 19.1 Å². The highest BCUT2D eigenvalue weighted by molar-refractivity contribution is 6.31. The lowest BCUT2D eigenvalue weighted by atomic mass is 9.95. The van der Waals surface area contributed by atoms with Crippen molar-refractivity contribution in [3.8, 4) is 16.9 Å². The first-order valence-corrected chi connectivity index (χ1v) is 7.78. The summed E-state index contributed by atoms with van der Waals surface area (Å²) in [5.74, 6) is 0.427. The molecule has 0 radical (unpaired) electrons. The number of benzene rings is 2. The number of fused-ring (bicyclic) bond motifs is 1. The molecule has 2 aromatic rings. The van der Waals surface area contributed by atoms with E-state index in [0.717, 1.165) is 6.07 Å². The first-order valence-electron chi connectivity index (χ1n) is 7.40. The summed E-state index contributed by atoms with van der Waals surface area (Å²) < 4.78 is 46.1. The second kappa shape index (κ2) is 6.18. The molecule has 24 heavy (non-hydrogen) atoms. The molecule has 0 amide bonds. The molecule has 0 fully saturated rings. The van der Waals surface area contributed by atoms with Gasteiger partial charge < -0.3 is 15.8 Å². The molecule has 3 rings (SSSR count). The second-order valence-corrected chi connectivity index (χ2v) is 6.20. The highest BCUT2D eigenvalue weighted by Crippen LogP contribution is 2.45. The van der Waals surface area contributed by atoms with Gasteiger partial charge in [-0.2, -0.15) is 13.2 Å². The van der Waals surface area contributed by atoms with E-state index in [1.807, 2.05) is 0 Å². The van der Waals surface area contributed by atoms with E-state index in [0.29, 0.717) is 40.7 Å². The Hall–Kier alpha value is -1.92. The maximum absolute atomic E-state index is 13.5. The fraction of sp³-hybridized carbons (Fsp3) is 0.294. The molecule has 1 atom stereocenters. The zero-order valence-electron chi connectivity index (χ0n) is 12.9. The maximum atomic E-state index is 13.5. The quantitative estimate of drug-likeness (QED) is 0.834. The van der Waals surface area contributed by atoms with E-state index in [9.17, 15) is 13.2 Å². The van der Waals surface area contributed by atoms with Crippen molar-refractivity contribution in [2.24, 2.45) is 5.73 Å². The Balaban J connectivity index is 2.23. The minimum absolute atomic E-state index is 0.0561. The molecular formula is C17H16ClF3N2O. The van der Waals surface area contributed by atoms with E-state index in [4.69, 9.17) is 22.1 Å². The highest BCUT2D eigenvalue weighted by atomic mass is 35.5. The molecule has 0 unspecified atom stereocenters. The zero-order chi connectivity index (χ0) is 17.5. The van der Waals surface area contributed by atoms with E-state index in [1.54, 1.807) is 19.1 Å². The van der Waals surface area contributed by atoms with Crippen molar-refractivity contribution in [3.63, 3.8) is 0 Å². The van der Waals surface area contributed by atoms with Crippen LogP contribution in [0.2, 0.25) is 5.02 Å². The van der Waals surface area contributed by atoms with E-state index in [2.05, 4.69) is 5.32 Å². The van der Waals surface area contributed by atoms with Gasteiger partial charge in [0.1, 0.15) is 12.4 Å². The van der Waals surface area contributed by atoms with Crippen LogP contribution in [-0.2, 0) is 6.18 Å². The number of aryl methyl sites for hydroxylation is 1. The van der Waals surface area contributed by atoms with Crippen LogP contribution < -0.4 is 15.8 Å². The van der Waals surface area contributed by atoms with Crippen molar-refractivity contribution in [1.82, 2.24) is 0 Å². The molecule has 3 nitrogen and oxygen atoms in total.